The van der Waals surface area contributed by atoms with E-state index in [1.807, 2.05) is 36.7 Å². The monoisotopic (exact) mass is 255 g/mol. The molecule has 3 aromatic rings. The third-order valence-electron chi connectivity index (χ3n) is 3.29. The highest BCUT2D eigenvalue weighted by Crippen LogP contribution is 2.26. The quantitative estimate of drug-likeness (QED) is 0.775. The van der Waals surface area contributed by atoms with Crippen molar-refractivity contribution in [3.05, 3.63) is 36.4 Å². The van der Waals surface area contributed by atoms with E-state index in [0.717, 1.165) is 34.4 Å². The molecule has 19 heavy (non-hydrogen) atoms. The first-order valence-corrected chi connectivity index (χ1v) is 6.27. The second kappa shape index (κ2) is 4.51. The van der Waals surface area contributed by atoms with Crippen LogP contribution in [0.2, 0.25) is 0 Å². The smallest absolute Gasteiger partial charge is 0.0955 e. The van der Waals surface area contributed by atoms with Crippen molar-refractivity contribution in [2.45, 2.75) is 6.54 Å². The Balaban J connectivity index is 2.13. The maximum atomic E-state index is 4.49. The van der Waals surface area contributed by atoms with Gasteiger partial charge < -0.3 is 9.88 Å². The molecule has 0 fully saturated rings. The number of hydrogen-bond acceptors (Lipinski definition) is 3. The molecule has 5 heteroatoms. The number of nitrogens with one attached hydrogen (secondary N) is 1. The molecular formula is C14H17N5. The topological polar surface area (TPSA) is 47.7 Å². The van der Waals surface area contributed by atoms with E-state index in [-0.39, 0.29) is 0 Å². The number of rotatable bonds is 3. The molecule has 98 valence electrons. The second-order valence-electron chi connectivity index (χ2n) is 4.75. The fourth-order valence-electron chi connectivity index (χ4n) is 2.38. The number of nitrogens with zero attached hydrogens (tertiary/aromatic N) is 4. The fourth-order valence-corrected chi connectivity index (χ4v) is 2.38. The minimum Gasteiger partial charge on any atom is -0.334 e. The van der Waals surface area contributed by atoms with Gasteiger partial charge in [-0.1, -0.05) is 6.07 Å². The van der Waals surface area contributed by atoms with Gasteiger partial charge in [-0.3, -0.25) is 4.68 Å². The predicted molar refractivity (Wildman–Crippen MR) is 75.7 cm³/mol. The van der Waals surface area contributed by atoms with Crippen LogP contribution in [0.5, 0.6) is 0 Å². The van der Waals surface area contributed by atoms with Gasteiger partial charge in [-0.05, 0) is 24.7 Å². The maximum Gasteiger partial charge on any atom is 0.0955 e. The summed E-state index contributed by atoms with van der Waals surface area (Å²) in [6, 6.07) is 6.35. The van der Waals surface area contributed by atoms with Gasteiger partial charge in [0.25, 0.3) is 0 Å². The number of benzene rings is 1. The zero-order valence-electron chi connectivity index (χ0n) is 11.4. The lowest BCUT2D eigenvalue weighted by Gasteiger charge is -2.02. The van der Waals surface area contributed by atoms with Crippen LogP contribution in [0.3, 0.4) is 0 Å². The van der Waals surface area contributed by atoms with Crippen LogP contribution in [0.1, 0.15) is 5.69 Å². The molecular weight excluding hydrogens is 238 g/mol. The van der Waals surface area contributed by atoms with E-state index in [2.05, 4.69) is 39.8 Å². The van der Waals surface area contributed by atoms with Gasteiger partial charge in [0.2, 0.25) is 0 Å². The summed E-state index contributed by atoms with van der Waals surface area (Å²) >= 11 is 0. The van der Waals surface area contributed by atoms with Crippen LogP contribution in [-0.2, 0) is 20.6 Å². The Morgan fingerprint density at radius 2 is 2.11 bits per heavy atom. The van der Waals surface area contributed by atoms with E-state index in [0.29, 0.717) is 0 Å². The normalized spacial score (nSPS) is 11.3. The van der Waals surface area contributed by atoms with Crippen LogP contribution >= 0.6 is 0 Å². The van der Waals surface area contributed by atoms with E-state index in [1.54, 1.807) is 0 Å². The average Bonchev–Trinajstić information content (AvgIpc) is 2.94. The molecule has 0 spiro atoms. The summed E-state index contributed by atoms with van der Waals surface area (Å²) < 4.78 is 3.88. The summed E-state index contributed by atoms with van der Waals surface area (Å²) in [5.74, 6) is 0. The van der Waals surface area contributed by atoms with Gasteiger partial charge in [0.1, 0.15) is 0 Å². The lowest BCUT2D eigenvalue weighted by atomic mass is 10.1. The zero-order valence-corrected chi connectivity index (χ0v) is 11.4. The van der Waals surface area contributed by atoms with Gasteiger partial charge in [-0.25, -0.2) is 4.98 Å². The number of imidazole rings is 1. The highest BCUT2D eigenvalue weighted by Gasteiger charge is 2.10. The molecule has 0 amide bonds. The van der Waals surface area contributed by atoms with Crippen molar-refractivity contribution >= 4 is 11.0 Å². The minimum atomic E-state index is 0.760. The Hall–Kier alpha value is -2.14. The molecule has 2 aromatic heterocycles. The first-order chi connectivity index (χ1) is 9.19. The summed E-state index contributed by atoms with van der Waals surface area (Å²) in [5.41, 5.74) is 5.52. The predicted octanol–water partition coefficient (Wildman–Crippen LogP) is 1.69. The summed E-state index contributed by atoms with van der Waals surface area (Å²) in [6.07, 6.45) is 3.89. The summed E-state index contributed by atoms with van der Waals surface area (Å²) in [5, 5.41) is 7.64. The van der Waals surface area contributed by atoms with Gasteiger partial charge in [-0.15, -0.1) is 0 Å². The molecule has 0 radical (unpaired) electrons. The first kappa shape index (κ1) is 11.9. The lowest BCUT2D eigenvalue weighted by molar-refractivity contribution is 0.712. The molecule has 0 aliphatic rings. The molecule has 0 saturated carbocycles. The molecule has 1 N–H and O–H groups in total. The summed E-state index contributed by atoms with van der Waals surface area (Å²) in [7, 11) is 5.88. The third kappa shape index (κ3) is 2.02. The first-order valence-electron chi connectivity index (χ1n) is 6.27. The fraction of sp³-hybridized carbons (Fsp3) is 0.286. The molecule has 1 aromatic carbocycles. The Kier molecular flexibility index (Phi) is 2.83. The van der Waals surface area contributed by atoms with Gasteiger partial charge in [0.15, 0.2) is 0 Å². The largest absolute Gasteiger partial charge is 0.334 e. The summed E-state index contributed by atoms with van der Waals surface area (Å²) in [6.45, 7) is 0.760. The van der Waals surface area contributed by atoms with Crippen molar-refractivity contribution in [3.8, 4) is 11.1 Å². The molecule has 0 saturated heterocycles. The minimum absolute atomic E-state index is 0.760. The molecule has 0 atom stereocenters. The highest BCUT2D eigenvalue weighted by molar-refractivity contribution is 5.82. The number of aromatic nitrogens is 4. The molecule has 3 rings (SSSR count). The maximum absolute atomic E-state index is 4.49. The lowest BCUT2D eigenvalue weighted by Crippen LogP contribution is -2.07. The number of hydrogen-bond donors (Lipinski definition) is 1. The number of fused-ring (bicyclic) bond motifs is 1. The molecule has 5 nitrogen and oxygen atoms in total. The van der Waals surface area contributed by atoms with Crippen LogP contribution < -0.4 is 5.32 Å². The van der Waals surface area contributed by atoms with E-state index in [1.165, 1.54) is 0 Å². The van der Waals surface area contributed by atoms with E-state index in [4.69, 9.17) is 0 Å². The van der Waals surface area contributed by atoms with Crippen molar-refractivity contribution in [2.24, 2.45) is 14.1 Å². The van der Waals surface area contributed by atoms with Crippen LogP contribution in [0.25, 0.3) is 22.2 Å². The molecule has 2 heterocycles. The molecule has 0 bridgehead atoms. The second-order valence-corrected chi connectivity index (χ2v) is 4.75. The Morgan fingerprint density at radius 1 is 1.26 bits per heavy atom. The SMILES string of the molecule is CNCc1nn(C)cc1-c1ccc2c(c1)ncn2C. The summed E-state index contributed by atoms with van der Waals surface area (Å²) in [4.78, 5) is 4.41. The van der Waals surface area contributed by atoms with Crippen molar-refractivity contribution < 1.29 is 0 Å². The van der Waals surface area contributed by atoms with Crippen LogP contribution in [0, 0.1) is 0 Å². The van der Waals surface area contributed by atoms with Crippen molar-refractivity contribution in [1.29, 1.82) is 0 Å². The zero-order chi connectivity index (χ0) is 13.4. The molecule has 0 aliphatic carbocycles. The van der Waals surface area contributed by atoms with E-state index < -0.39 is 0 Å². The van der Waals surface area contributed by atoms with Crippen molar-refractivity contribution in [3.63, 3.8) is 0 Å². The highest BCUT2D eigenvalue weighted by atomic mass is 15.3. The van der Waals surface area contributed by atoms with Crippen LogP contribution in [-0.4, -0.2) is 26.4 Å². The Labute approximate surface area is 111 Å². The van der Waals surface area contributed by atoms with Crippen molar-refractivity contribution in [2.75, 3.05) is 7.05 Å². The third-order valence-corrected chi connectivity index (χ3v) is 3.29. The molecule has 0 aliphatic heterocycles. The average molecular weight is 255 g/mol. The van der Waals surface area contributed by atoms with Crippen molar-refractivity contribution in [1.82, 2.24) is 24.6 Å². The van der Waals surface area contributed by atoms with Gasteiger partial charge in [0.05, 0.1) is 23.1 Å². The van der Waals surface area contributed by atoms with E-state index in [9.17, 15) is 0 Å². The van der Waals surface area contributed by atoms with Gasteiger partial charge in [-0.2, -0.15) is 5.10 Å². The Morgan fingerprint density at radius 3 is 2.89 bits per heavy atom. The van der Waals surface area contributed by atoms with Crippen LogP contribution in [0.4, 0.5) is 0 Å². The molecule has 0 unspecified atom stereocenters. The van der Waals surface area contributed by atoms with Crippen LogP contribution in [0.15, 0.2) is 30.7 Å². The standard InChI is InChI=1S/C14H17N5/c1-15-7-13-11(8-19(3)17-13)10-4-5-14-12(6-10)16-9-18(14)2/h4-6,8-9,15H,7H2,1-3H3. The Bertz CT molecular complexity index is 723. The number of aryl methyl sites for hydroxylation is 2. The van der Waals surface area contributed by atoms with Gasteiger partial charge in [0, 0.05) is 32.4 Å². The van der Waals surface area contributed by atoms with E-state index >= 15 is 0 Å². The van der Waals surface area contributed by atoms with Gasteiger partial charge >= 0.3 is 0 Å².